The number of hydrogen-bond acceptors (Lipinski definition) is 4. The van der Waals surface area contributed by atoms with E-state index in [1.807, 2.05) is 35.2 Å². The Labute approximate surface area is 187 Å². The van der Waals surface area contributed by atoms with E-state index in [2.05, 4.69) is 6.92 Å². The van der Waals surface area contributed by atoms with Crippen molar-refractivity contribution in [3.05, 3.63) is 59.2 Å². The topological polar surface area (TPSA) is 56.6 Å². The second-order valence-electron chi connectivity index (χ2n) is 7.85. The van der Waals surface area contributed by atoms with Crippen LogP contribution in [-0.4, -0.2) is 47.9 Å². The largest absolute Gasteiger partial charge is 0.497 e. The summed E-state index contributed by atoms with van der Waals surface area (Å²) in [6.07, 6.45) is 2.02. The molecule has 0 saturated carbocycles. The van der Waals surface area contributed by atoms with Gasteiger partial charge in [-0.15, -0.1) is 0 Å². The number of halogens is 1. The molecule has 6 nitrogen and oxygen atoms in total. The van der Waals surface area contributed by atoms with Gasteiger partial charge in [0.15, 0.2) is 0 Å². The van der Waals surface area contributed by atoms with Crippen LogP contribution in [0.2, 0.25) is 5.02 Å². The highest BCUT2D eigenvalue weighted by Crippen LogP contribution is 2.34. The maximum atomic E-state index is 13.5. The van der Waals surface area contributed by atoms with Crippen LogP contribution >= 0.6 is 11.6 Å². The zero-order chi connectivity index (χ0) is 22.0. The third kappa shape index (κ3) is 4.39. The fourth-order valence-electron chi connectivity index (χ4n) is 3.85. The van der Waals surface area contributed by atoms with Crippen LogP contribution in [0.15, 0.2) is 48.5 Å². The molecule has 1 saturated heterocycles. The van der Waals surface area contributed by atoms with E-state index in [1.165, 1.54) is 0 Å². The Morgan fingerprint density at radius 1 is 1.06 bits per heavy atom. The molecule has 3 aromatic rings. The molecule has 0 unspecified atom stereocenters. The standard InChI is InChI=1S/C24H26ClN3O3/c1-16-9-11-27(12-10-16)24(29)22-15-21(20-8-7-19(30-2)14-23(20)31-3)26-28(22)18-6-4-5-17(25)13-18/h4-8,13-16H,9-12H2,1-3H3. The van der Waals surface area contributed by atoms with Gasteiger partial charge in [0, 0.05) is 29.7 Å². The maximum absolute atomic E-state index is 13.5. The first-order valence-corrected chi connectivity index (χ1v) is 10.8. The van der Waals surface area contributed by atoms with Crippen LogP contribution in [0.25, 0.3) is 16.9 Å². The number of piperidine rings is 1. The lowest BCUT2D eigenvalue weighted by atomic mass is 9.99. The summed E-state index contributed by atoms with van der Waals surface area (Å²) in [4.78, 5) is 15.4. The second kappa shape index (κ2) is 9.02. The summed E-state index contributed by atoms with van der Waals surface area (Å²) in [7, 11) is 3.21. The third-order valence-electron chi connectivity index (χ3n) is 5.74. The predicted octanol–water partition coefficient (Wildman–Crippen LogP) is 5.08. The molecule has 0 N–H and O–H groups in total. The van der Waals surface area contributed by atoms with E-state index in [4.69, 9.17) is 26.2 Å². The quantitative estimate of drug-likeness (QED) is 0.556. The fraction of sp³-hybridized carbons (Fsp3) is 0.333. The number of benzene rings is 2. The molecule has 0 radical (unpaired) electrons. The molecule has 162 valence electrons. The minimum absolute atomic E-state index is 0.0295. The average Bonchev–Trinajstić information content (AvgIpc) is 3.24. The molecule has 1 fully saturated rings. The van der Waals surface area contributed by atoms with Crippen molar-refractivity contribution in [1.29, 1.82) is 0 Å². The Kier molecular flexibility index (Phi) is 6.18. The molecular formula is C24H26ClN3O3. The summed E-state index contributed by atoms with van der Waals surface area (Å²) < 4.78 is 12.5. The number of ether oxygens (including phenoxy) is 2. The van der Waals surface area contributed by atoms with E-state index in [0.29, 0.717) is 33.8 Å². The fourth-order valence-corrected chi connectivity index (χ4v) is 4.04. The molecule has 0 atom stereocenters. The van der Waals surface area contributed by atoms with Gasteiger partial charge < -0.3 is 14.4 Å². The summed E-state index contributed by atoms with van der Waals surface area (Å²) >= 11 is 6.23. The molecule has 0 spiro atoms. The van der Waals surface area contributed by atoms with Crippen molar-refractivity contribution in [2.75, 3.05) is 27.3 Å². The number of rotatable bonds is 5. The van der Waals surface area contributed by atoms with Crippen molar-refractivity contribution >= 4 is 17.5 Å². The van der Waals surface area contributed by atoms with Crippen LogP contribution in [0.5, 0.6) is 11.5 Å². The van der Waals surface area contributed by atoms with Gasteiger partial charge in [0.2, 0.25) is 0 Å². The van der Waals surface area contributed by atoms with Crippen molar-refractivity contribution in [3.63, 3.8) is 0 Å². The van der Waals surface area contributed by atoms with E-state index in [-0.39, 0.29) is 5.91 Å². The first-order chi connectivity index (χ1) is 15.0. The Hall–Kier alpha value is -2.99. The second-order valence-corrected chi connectivity index (χ2v) is 8.28. The number of carbonyl (C=O) groups excluding carboxylic acids is 1. The molecule has 1 aromatic heterocycles. The summed E-state index contributed by atoms with van der Waals surface area (Å²) in [6, 6.07) is 14.7. The highest BCUT2D eigenvalue weighted by Gasteiger charge is 2.26. The smallest absolute Gasteiger partial charge is 0.272 e. The van der Waals surface area contributed by atoms with Crippen LogP contribution in [0.3, 0.4) is 0 Å². The maximum Gasteiger partial charge on any atom is 0.272 e. The number of methoxy groups -OCH3 is 2. The molecule has 1 aliphatic heterocycles. The van der Waals surface area contributed by atoms with Gasteiger partial charge in [-0.2, -0.15) is 5.10 Å². The summed E-state index contributed by atoms with van der Waals surface area (Å²) in [5.74, 6) is 1.92. The predicted molar refractivity (Wildman–Crippen MR) is 121 cm³/mol. The number of likely N-dealkylation sites (tertiary alicyclic amines) is 1. The van der Waals surface area contributed by atoms with Crippen LogP contribution in [0.1, 0.15) is 30.3 Å². The Morgan fingerprint density at radius 3 is 2.52 bits per heavy atom. The van der Waals surface area contributed by atoms with Crippen LogP contribution < -0.4 is 9.47 Å². The number of hydrogen-bond donors (Lipinski definition) is 0. The average molecular weight is 440 g/mol. The van der Waals surface area contributed by atoms with E-state index < -0.39 is 0 Å². The summed E-state index contributed by atoms with van der Waals surface area (Å²) in [5, 5.41) is 5.36. The molecule has 1 aliphatic rings. The third-order valence-corrected chi connectivity index (χ3v) is 5.97. The van der Waals surface area contributed by atoms with Crippen LogP contribution in [-0.2, 0) is 0 Å². The lowest BCUT2D eigenvalue weighted by molar-refractivity contribution is 0.0688. The lowest BCUT2D eigenvalue weighted by Crippen LogP contribution is -2.38. The molecular weight excluding hydrogens is 414 g/mol. The Bertz CT molecular complexity index is 1090. The number of nitrogens with zero attached hydrogens (tertiary/aromatic N) is 3. The Morgan fingerprint density at radius 2 is 1.84 bits per heavy atom. The number of amides is 1. The SMILES string of the molecule is COc1ccc(-c2cc(C(=O)N3CCC(C)CC3)n(-c3cccc(Cl)c3)n2)c(OC)c1. The number of carbonyl (C=O) groups is 1. The molecule has 4 rings (SSSR count). The van der Waals surface area contributed by atoms with Crippen LogP contribution in [0.4, 0.5) is 0 Å². The van der Waals surface area contributed by atoms with Gasteiger partial charge in [0.25, 0.3) is 5.91 Å². The first-order valence-electron chi connectivity index (χ1n) is 10.4. The molecule has 7 heteroatoms. The van der Waals surface area contributed by atoms with Gasteiger partial charge in [-0.25, -0.2) is 4.68 Å². The highest BCUT2D eigenvalue weighted by atomic mass is 35.5. The zero-order valence-electron chi connectivity index (χ0n) is 18.0. The minimum Gasteiger partial charge on any atom is -0.497 e. The number of aromatic nitrogens is 2. The monoisotopic (exact) mass is 439 g/mol. The zero-order valence-corrected chi connectivity index (χ0v) is 18.7. The minimum atomic E-state index is -0.0295. The normalized spacial score (nSPS) is 14.5. The molecule has 0 bridgehead atoms. The van der Waals surface area contributed by atoms with E-state index in [9.17, 15) is 4.79 Å². The van der Waals surface area contributed by atoms with Gasteiger partial charge in [-0.3, -0.25) is 4.79 Å². The van der Waals surface area contributed by atoms with E-state index in [0.717, 1.165) is 37.2 Å². The Balaban J connectivity index is 1.80. The molecule has 0 aliphatic carbocycles. The summed E-state index contributed by atoms with van der Waals surface area (Å²) in [6.45, 7) is 3.73. The first kappa shape index (κ1) is 21.2. The molecule has 2 aromatic carbocycles. The highest BCUT2D eigenvalue weighted by molar-refractivity contribution is 6.30. The lowest BCUT2D eigenvalue weighted by Gasteiger charge is -2.30. The van der Waals surface area contributed by atoms with Gasteiger partial charge in [-0.05, 0) is 55.2 Å². The van der Waals surface area contributed by atoms with Crippen molar-refractivity contribution in [2.45, 2.75) is 19.8 Å². The van der Waals surface area contributed by atoms with Crippen molar-refractivity contribution in [2.24, 2.45) is 5.92 Å². The van der Waals surface area contributed by atoms with Crippen molar-refractivity contribution in [1.82, 2.24) is 14.7 Å². The van der Waals surface area contributed by atoms with E-state index >= 15 is 0 Å². The van der Waals surface area contributed by atoms with Crippen molar-refractivity contribution in [3.8, 4) is 28.4 Å². The van der Waals surface area contributed by atoms with Gasteiger partial charge in [0.1, 0.15) is 17.2 Å². The molecule has 1 amide bonds. The van der Waals surface area contributed by atoms with Gasteiger partial charge in [0.05, 0.1) is 25.6 Å². The summed E-state index contributed by atoms with van der Waals surface area (Å²) in [5.41, 5.74) is 2.67. The van der Waals surface area contributed by atoms with Crippen LogP contribution in [0, 0.1) is 5.92 Å². The van der Waals surface area contributed by atoms with Crippen molar-refractivity contribution < 1.29 is 14.3 Å². The van der Waals surface area contributed by atoms with Gasteiger partial charge in [-0.1, -0.05) is 24.6 Å². The molecule has 31 heavy (non-hydrogen) atoms. The van der Waals surface area contributed by atoms with Gasteiger partial charge >= 0.3 is 0 Å². The van der Waals surface area contributed by atoms with E-state index in [1.54, 1.807) is 37.1 Å². The molecule has 2 heterocycles.